The highest BCUT2D eigenvalue weighted by atomic mass is 19.1. The lowest BCUT2D eigenvalue weighted by Gasteiger charge is -2.19. The van der Waals surface area contributed by atoms with E-state index in [1.54, 1.807) is 36.1 Å². The lowest BCUT2D eigenvalue weighted by atomic mass is 9.95. The van der Waals surface area contributed by atoms with Crippen LogP contribution in [0.4, 0.5) is 21.0 Å². The van der Waals surface area contributed by atoms with Crippen LogP contribution in [-0.4, -0.2) is 35.9 Å². The summed E-state index contributed by atoms with van der Waals surface area (Å²) in [4.78, 5) is 23.6. The Morgan fingerprint density at radius 2 is 2.14 bits per heavy atom. The van der Waals surface area contributed by atoms with Gasteiger partial charge in [0.1, 0.15) is 12.1 Å². The lowest BCUT2D eigenvalue weighted by Crippen LogP contribution is -2.27. The fraction of sp³-hybridized carbons (Fsp3) is 0.316. The smallest absolute Gasteiger partial charge is 0.405 e. The Kier molecular flexibility index (Phi) is 5.07. The van der Waals surface area contributed by atoms with Crippen molar-refractivity contribution in [2.45, 2.75) is 31.7 Å². The van der Waals surface area contributed by atoms with Crippen LogP contribution >= 0.6 is 0 Å². The zero-order valence-electron chi connectivity index (χ0n) is 15.8. The van der Waals surface area contributed by atoms with E-state index in [0.29, 0.717) is 29.8 Å². The molecule has 3 aromatic rings. The van der Waals surface area contributed by atoms with Gasteiger partial charge >= 0.3 is 6.09 Å². The SMILES string of the molecule is Cn1ccc(Nc2ncnc(-c3ccc4c(c3F)CCCCC4NC(=O)O)n2)n1. The maximum atomic E-state index is 15.4. The van der Waals surface area contributed by atoms with Gasteiger partial charge in [-0.3, -0.25) is 4.68 Å². The minimum atomic E-state index is -1.12. The van der Waals surface area contributed by atoms with Crippen LogP contribution in [-0.2, 0) is 13.5 Å². The number of nitrogens with one attached hydrogen (secondary N) is 2. The van der Waals surface area contributed by atoms with E-state index in [9.17, 15) is 4.79 Å². The average Bonchev–Trinajstić information content (AvgIpc) is 2.98. The highest BCUT2D eigenvalue weighted by Crippen LogP contribution is 2.34. The van der Waals surface area contributed by atoms with Gasteiger partial charge in [0, 0.05) is 19.3 Å². The maximum Gasteiger partial charge on any atom is 0.405 e. The van der Waals surface area contributed by atoms with Gasteiger partial charge in [0.2, 0.25) is 5.95 Å². The fourth-order valence-electron chi connectivity index (χ4n) is 3.58. The zero-order chi connectivity index (χ0) is 20.4. The number of fused-ring (bicyclic) bond motifs is 1. The van der Waals surface area contributed by atoms with Crippen LogP contribution < -0.4 is 10.6 Å². The second-order valence-corrected chi connectivity index (χ2v) is 6.88. The molecule has 9 nitrogen and oxygen atoms in total. The van der Waals surface area contributed by atoms with Crippen LogP contribution in [0.1, 0.15) is 36.4 Å². The molecule has 0 fully saturated rings. The first-order chi connectivity index (χ1) is 14.0. The van der Waals surface area contributed by atoms with Crippen LogP contribution in [0.15, 0.2) is 30.7 Å². The van der Waals surface area contributed by atoms with Crippen LogP contribution in [0.3, 0.4) is 0 Å². The second-order valence-electron chi connectivity index (χ2n) is 6.88. The van der Waals surface area contributed by atoms with E-state index < -0.39 is 18.0 Å². The summed E-state index contributed by atoms with van der Waals surface area (Å²) in [7, 11) is 1.79. The summed E-state index contributed by atoms with van der Waals surface area (Å²) in [6.07, 6.45) is 4.76. The number of hydrogen-bond acceptors (Lipinski definition) is 6. The molecule has 3 N–H and O–H groups in total. The Hall–Kier alpha value is -3.56. The Labute approximate surface area is 166 Å². The van der Waals surface area contributed by atoms with Crippen molar-refractivity contribution in [3.8, 4) is 11.4 Å². The summed E-state index contributed by atoms with van der Waals surface area (Å²) in [5.41, 5.74) is 1.44. The van der Waals surface area contributed by atoms with Crippen molar-refractivity contribution in [3.63, 3.8) is 0 Å². The number of benzene rings is 1. The van der Waals surface area contributed by atoms with Gasteiger partial charge in [-0.2, -0.15) is 10.1 Å². The zero-order valence-corrected chi connectivity index (χ0v) is 15.8. The predicted octanol–water partition coefficient (Wildman–Crippen LogP) is 3.19. The van der Waals surface area contributed by atoms with Crippen molar-refractivity contribution >= 4 is 17.9 Å². The maximum absolute atomic E-state index is 15.4. The third-order valence-corrected chi connectivity index (χ3v) is 4.89. The summed E-state index contributed by atoms with van der Waals surface area (Å²) in [5, 5.41) is 18.8. The first kappa shape index (κ1) is 18.8. The molecule has 29 heavy (non-hydrogen) atoms. The van der Waals surface area contributed by atoms with E-state index in [-0.39, 0.29) is 17.3 Å². The summed E-state index contributed by atoms with van der Waals surface area (Å²) < 4.78 is 17.0. The topological polar surface area (TPSA) is 118 Å². The molecule has 2 aromatic heterocycles. The number of halogens is 1. The van der Waals surface area contributed by atoms with Gasteiger partial charge in [-0.05, 0) is 36.5 Å². The summed E-state index contributed by atoms with van der Waals surface area (Å²) in [6.45, 7) is 0. The molecule has 1 atom stereocenters. The molecule has 0 saturated carbocycles. The van der Waals surface area contributed by atoms with E-state index in [2.05, 4.69) is 30.7 Å². The molecule has 1 aromatic carbocycles. The fourth-order valence-corrected chi connectivity index (χ4v) is 3.58. The average molecular weight is 397 g/mol. The normalized spacial score (nSPS) is 16.0. The number of aromatic nitrogens is 5. The highest BCUT2D eigenvalue weighted by Gasteiger charge is 2.25. The molecule has 0 aliphatic heterocycles. The molecule has 0 saturated heterocycles. The van der Waals surface area contributed by atoms with Crippen molar-refractivity contribution in [2.24, 2.45) is 7.05 Å². The number of rotatable bonds is 4. The highest BCUT2D eigenvalue weighted by molar-refractivity contribution is 5.66. The third-order valence-electron chi connectivity index (χ3n) is 4.89. The molecule has 0 radical (unpaired) electrons. The Morgan fingerprint density at radius 3 is 2.90 bits per heavy atom. The molecule has 150 valence electrons. The Morgan fingerprint density at radius 1 is 1.28 bits per heavy atom. The Bertz CT molecular complexity index is 1050. The minimum absolute atomic E-state index is 0.200. The van der Waals surface area contributed by atoms with Gasteiger partial charge in [0.25, 0.3) is 0 Å². The van der Waals surface area contributed by atoms with E-state index in [1.807, 2.05) is 0 Å². The van der Waals surface area contributed by atoms with Gasteiger partial charge in [-0.25, -0.2) is 19.2 Å². The molecule has 0 spiro atoms. The molecule has 1 unspecified atom stereocenters. The minimum Gasteiger partial charge on any atom is -0.465 e. The number of nitrogens with zero attached hydrogens (tertiary/aromatic N) is 5. The van der Waals surface area contributed by atoms with Crippen LogP contribution in [0.5, 0.6) is 0 Å². The van der Waals surface area contributed by atoms with Gasteiger partial charge in [-0.15, -0.1) is 0 Å². The van der Waals surface area contributed by atoms with Crippen LogP contribution in [0.2, 0.25) is 0 Å². The van der Waals surface area contributed by atoms with Crippen molar-refractivity contribution in [1.29, 1.82) is 0 Å². The van der Waals surface area contributed by atoms with Crippen molar-refractivity contribution in [2.75, 3.05) is 5.32 Å². The standard InChI is InChI=1S/C19H20FN7O2/c1-27-9-8-15(26-27)24-18-22-10-21-17(25-18)13-7-6-11-12(16(13)20)4-2-3-5-14(11)23-19(28)29/h6-10,14,23H,2-5H2,1H3,(H,28,29)(H,21,22,24,25,26). The molecule has 1 amide bonds. The molecule has 10 heteroatoms. The van der Waals surface area contributed by atoms with Crippen LogP contribution in [0.25, 0.3) is 11.4 Å². The van der Waals surface area contributed by atoms with E-state index in [0.717, 1.165) is 12.8 Å². The van der Waals surface area contributed by atoms with Gasteiger partial charge in [-0.1, -0.05) is 12.5 Å². The third kappa shape index (κ3) is 4.00. The van der Waals surface area contributed by atoms with Gasteiger partial charge in [0.05, 0.1) is 11.6 Å². The number of carbonyl (C=O) groups is 1. The van der Waals surface area contributed by atoms with E-state index in [1.165, 1.54) is 6.33 Å². The number of anilines is 2. The first-order valence-electron chi connectivity index (χ1n) is 9.28. The summed E-state index contributed by atoms with van der Waals surface area (Å²) >= 11 is 0. The number of aryl methyl sites for hydroxylation is 1. The van der Waals surface area contributed by atoms with Crippen LogP contribution in [0, 0.1) is 5.82 Å². The van der Waals surface area contributed by atoms with Gasteiger partial charge < -0.3 is 15.7 Å². The molecule has 2 heterocycles. The van der Waals surface area contributed by atoms with E-state index >= 15 is 4.39 Å². The number of hydrogen-bond donors (Lipinski definition) is 3. The van der Waals surface area contributed by atoms with Crippen molar-refractivity contribution < 1.29 is 14.3 Å². The quantitative estimate of drug-likeness (QED) is 0.579. The lowest BCUT2D eigenvalue weighted by molar-refractivity contribution is 0.189. The largest absolute Gasteiger partial charge is 0.465 e. The number of amides is 1. The molecule has 0 bridgehead atoms. The molecule has 1 aliphatic carbocycles. The van der Waals surface area contributed by atoms with Crippen molar-refractivity contribution in [3.05, 3.63) is 47.7 Å². The molecular formula is C19H20FN7O2. The number of carboxylic acid groups (broad SMARTS) is 1. The molecule has 4 rings (SSSR count). The Balaban J connectivity index is 1.68. The predicted molar refractivity (Wildman–Crippen MR) is 103 cm³/mol. The molecular weight excluding hydrogens is 377 g/mol. The van der Waals surface area contributed by atoms with Crippen molar-refractivity contribution in [1.82, 2.24) is 30.0 Å². The summed E-state index contributed by atoms with van der Waals surface area (Å²) in [6, 6.07) is 4.70. The summed E-state index contributed by atoms with van der Waals surface area (Å²) in [5.74, 6) is 0.602. The second kappa shape index (κ2) is 7.82. The molecule has 1 aliphatic rings. The van der Waals surface area contributed by atoms with E-state index in [4.69, 9.17) is 5.11 Å². The van der Waals surface area contributed by atoms with Gasteiger partial charge in [0.15, 0.2) is 11.6 Å². The first-order valence-corrected chi connectivity index (χ1v) is 9.28. The monoisotopic (exact) mass is 397 g/mol.